The molecule has 0 amide bonds. The summed E-state index contributed by atoms with van der Waals surface area (Å²) in [7, 11) is -2.02. The second-order valence-electron chi connectivity index (χ2n) is 6.35. The van der Waals surface area contributed by atoms with E-state index in [4.69, 9.17) is 4.74 Å². The van der Waals surface area contributed by atoms with Crippen LogP contribution in [0.2, 0.25) is 0 Å². The summed E-state index contributed by atoms with van der Waals surface area (Å²) < 4.78 is 35.2. The zero-order chi connectivity index (χ0) is 17.3. The zero-order valence-electron chi connectivity index (χ0n) is 14.4. The Kier molecular flexibility index (Phi) is 4.69. The molecule has 130 valence electrons. The Hall–Kier alpha value is -1.79. The lowest BCUT2D eigenvalue weighted by molar-refractivity contribution is 0.273. The molecule has 0 bridgehead atoms. The van der Waals surface area contributed by atoms with Gasteiger partial charge >= 0.3 is 0 Å². The van der Waals surface area contributed by atoms with Crippen LogP contribution >= 0.6 is 0 Å². The van der Waals surface area contributed by atoms with E-state index >= 15 is 0 Å². The molecule has 2 heterocycles. The van der Waals surface area contributed by atoms with Gasteiger partial charge in [0.15, 0.2) is 0 Å². The van der Waals surface area contributed by atoms with E-state index in [0.29, 0.717) is 24.9 Å². The minimum Gasteiger partial charge on any atom is -0.495 e. The van der Waals surface area contributed by atoms with Crippen molar-refractivity contribution in [2.24, 2.45) is 0 Å². The number of methoxy groups -OCH3 is 1. The van der Waals surface area contributed by atoms with Crippen LogP contribution in [0.3, 0.4) is 0 Å². The molecule has 2 aromatic rings. The Morgan fingerprint density at radius 1 is 1.04 bits per heavy atom. The molecule has 0 unspecified atom stereocenters. The number of ether oxygens (including phenoxy) is 1. The van der Waals surface area contributed by atoms with Crippen LogP contribution in [0, 0.1) is 13.8 Å². The molecule has 3 rings (SSSR count). The van der Waals surface area contributed by atoms with Gasteiger partial charge in [0.2, 0.25) is 10.0 Å². The Morgan fingerprint density at radius 3 is 2.21 bits per heavy atom. The third kappa shape index (κ3) is 3.08. The van der Waals surface area contributed by atoms with Crippen molar-refractivity contribution in [1.82, 2.24) is 8.87 Å². The van der Waals surface area contributed by atoms with Crippen LogP contribution in [0.4, 0.5) is 0 Å². The van der Waals surface area contributed by atoms with Gasteiger partial charge in [-0.05, 0) is 62.1 Å². The SMILES string of the molecule is COc1cc(C)c(C)cc1S(=O)(=O)N1CCC(n2cccc2)CC1. The number of benzene rings is 1. The molecule has 6 heteroatoms. The van der Waals surface area contributed by atoms with E-state index in [1.165, 1.54) is 7.11 Å². The summed E-state index contributed by atoms with van der Waals surface area (Å²) in [6, 6.07) is 7.90. The van der Waals surface area contributed by atoms with E-state index in [1.807, 2.05) is 38.4 Å². The molecule has 0 radical (unpaired) electrons. The highest BCUT2D eigenvalue weighted by molar-refractivity contribution is 7.89. The van der Waals surface area contributed by atoms with Crippen LogP contribution in [-0.2, 0) is 10.0 Å². The monoisotopic (exact) mass is 348 g/mol. The summed E-state index contributed by atoms with van der Waals surface area (Å²) in [4.78, 5) is 0.271. The fourth-order valence-corrected chi connectivity index (χ4v) is 4.93. The first-order valence-corrected chi connectivity index (χ1v) is 9.65. The van der Waals surface area contributed by atoms with E-state index in [0.717, 1.165) is 24.0 Å². The molecule has 1 saturated heterocycles. The second-order valence-corrected chi connectivity index (χ2v) is 8.26. The maximum absolute atomic E-state index is 13.1. The number of aromatic nitrogens is 1. The summed E-state index contributed by atoms with van der Waals surface area (Å²) in [6.07, 6.45) is 5.73. The molecular weight excluding hydrogens is 324 g/mol. The number of sulfonamides is 1. The second kappa shape index (κ2) is 6.61. The molecule has 0 N–H and O–H groups in total. The number of hydrogen-bond acceptors (Lipinski definition) is 3. The predicted octanol–water partition coefficient (Wildman–Crippen LogP) is 3.14. The van der Waals surface area contributed by atoms with Crippen molar-refractivity contribution in [3.05, 3.63) is 47.8 Å². The highest BCUT2D eigenvalue weighted by Crippen LogP contribution is 2.32. The maximum atomic E-state index is 13.1. The summed E-state index contributed by atoms with van der Waals surface area (Å²) >= 11 is 0. The first kappa shape index (κ1) is 17.0. The molecule has 0 spiro atoms. The van der Waals surface area contributed by atoms with Crippen molar-refractivity contribution in [3.63, 3.8) is 0 Å². The van der Waals surface area contributed by atoms with Gasteiger partial charge in [-0.25, -0.2) is 8.42 Å². The average molecular weight is 348 g/mol. The minimum absolute atomic E-state index is 0.271. The normalized spacial score (nSPS) is 17.1. The first-order chi connectivity index (χ1) is 11.4. The van der Waals surface area contributed by atoms with Crippen LogP contribution < -0.4 is 4.74 Å². The van der Waals surface area contributed by atoms with Crippen molar-refractivity contribution in [2.45, 2.75) is 37.6 Å². The minimum atomic E-state index is -3.54. The van der Waals surface area contributed by atoms with Gasteiger partial charge in [-0.2, -0.15) is 4.31 Å². The van der Waals surface area contributed by atoms with Gasteiger partial charge in [-0.15, -0.1) is 0 Å². The molecule has 5 nitrogen and oxygen atoms in total. The van der Waals surface area contributed by atoms with Gasteiger partial charge < -0.3 is 9.30 Å². The molecule has 1 aliphatic heterocycles. The molecule has 1 aromatic carbocycles. The van der Waals surface area contributed by atoms with Crippen LogP contribution in [0.25, 0.3) is 0 Å². The van der Waals surface area contributed by atoms with E-state index in [2.05, 4.69) is 4.57 Å². The molecule has 1 fully saturated rings. The molecule has 1 aromatic heterocycles. The third-order valence-electron chi connectivity index (χ3n) is 4.87. The third-order valence-corrected chi connectivity index (χ3v) is 6.79. The smallest absolute Gasteiger partial charge is 0.246 e. The lowest BCUT2D eigenvalue weighted by atomic mass is 10.1. The Balaban J connectivity index is 1.83. The van der Waals surface area contributed by atoms with Crippen LogP contribution in [0.5, 0.6) is 5.75 Å². The zero-order valence-corrected chi connectivity index (χ0v) is 15.2. The fourth-order valence-electron chi connectivity index (χ4n) is 3.24. The lowest BCUT2D eigenvalue weighted by Gasteiger charge is -2.32. The Bertz CT molecular complexity index is 805. The number of nitrogens with zero attached hydrogens (tertiary/aromatic N) is 2. The largest absolute Gasteiger partial charge is 0.495 e. The number of piperidine rings is 1. The number of rotatable bonds is 4. The quantitative estimate of drug-likeness (QED) is 0.853. The van der Waals surface area contributed by atoms with Crippen molar-refractivity contribution in [1.29, 1.82) is 0 Å². The standard InChI is InChI=1S/C18H24N2O3S/c1-14-12-17(23-3)18(13-15(14)2)24(21,22)20-10-6-16(7-11-20)19-8-4-5-9-19/h4-5,8-9,12-13,16H,6-7,10-11H2,1-3H3. The van der Waals surface area contributed by atoms with Crippen molar-refractivity contribution in [3.8, 4) is 5.75 Å². The summed E-state index contributed by atoms with van der Waals surface area (Å²) in [5.41, 5.74) is 1.98. The fraction of sp³-hybridized carbons (Fsp3) is 0.444. The van der Waals surface area contributed by atoms with Gasteiger partial charge in [0.05, 0.1) is 7.11 Å². The van der Waals surface area contributed by atoms with Gasteiger partial charge in [0.25, 0.3) is 0 Å². The Labute approximate surface area is 143 Å². The summed E-state index contributed by atoms with van der Waals surface area (Å²) in [6.45, 7) is 4.94. The lowest BCUT2D eigenvalue weighted by Crippen LogP contribution is -2.39. The van der Waals surface area contributed by atoms with Crippen LogP contribution in [0.1, 0.15) is 30.0 Å². The molecular formula is C18H24N2O3S. The van der Waals surface area contributed by atoms with Crippen LogP contribution in [0.15, 0.2) is 41.6 Å². The van der Waals surface area contributed by atoms with Crippen molar-refractivity contribution < 1.29 is 13.2 Å². The Morgan fingerprint density at radius 2 is 1.62 bits per heavy atom. The highest BCUT2D eigenvalue weighted by atomic mass is 32.2. The molecule has 1 aliphatic rings. The van der Waals surface area contributed by atoms with Gasteiger partial charge in [-0.3, -0.25) is 0 Å². The topological polar surface area (TPSA) is 51.5 Å². The maximum Gasteiger partial charge on any atom is 0.246 e. The van der Waals surface area contributed by atoms with Gasteiger partial charge in [-0.1, -0.05) is 0 Å². The average Bonchev–Trinajstić information content (AvgIpc) is 3.11. The molecule has 0 saturated carbocycles. The number of aryl methyl sites for hydroxylation is 2. The molecule has 0 aliphatic carbocycles. The van der Waals surface area contributed by atoms with Crippen LogP contribution in [-0.4, -0.2) is 37.5 Å². The van der Waals surface area contributed by atoms with Crippen molar-refractivity contribution >= 4 is 10.0 Å². The van der Waals surface area contributed by atoms with E-state index in [9.17, 15) is 8.42 Å². The van der Waals surface area contributed by atoms with E-state index in [-0.39, 0.29) is 4.90 Å². The summed E-state index contributed by atoms with van der Waals surface area (Å²) in [5, 5.41) is 0. The van der Waals surface area contributed by atoms with E-state index in [1.54, 1.807) is 16.4 Å². The number of hydrogen-bond donors (Lipinski definition) is 0. The van der Waals surface area contributed by atoms with E-state index < -0.39 is 10.0 Å². The molecule has 24 heavy (non-hydrogen) atoms. The van der Waals surface area contributed by atoms with Gasteiger partial charge in [0.1, 0.15) is 10.6 Å². The summed E-state index contributed by atoms with van der Waals surface area (Å²) in [5.74, 6) is 0.422. The first-order valence-electron chi connectivity index (χ1n) is 8.21. The van der Waals surface area contributed by atoms with Crippen molar-refractivity contribution in [2.75, 3.05) is 20.2 Å². The highest BCUT2D eigenvalue weighted by Gasteiger charge is 2.32. The molecule has 0 atom stereocenters. The predicted molar refractivity (Wildman–Crippen MR) is 93.9 cm³/mol. The van der Waals surface area contributed by atoms with Gasteiger partial charge in [0, 0.05) is 31.5 Å².